The summed E-state index contributed by atoms with van der Waals surface area (Å²) < 4.78 is 27.2. The van der Waals surface area contributed by atoms with Crippen molar-refractivity contribution in [2.24, 2.45) is 0 Å². The maximum Gasteiger partial charge on any atom is 0 e. The van der Waals surface area contributed by atoms with E-state index in [0.29, 0.717) is 13.0 Å². The van der Waals surface area contributed by atoms with Gasteiger partial charge in [0.15, 0.2) is 0 Å². The van der Waals surface area contributed by atoms with Crippen LogP contribution in [0.15, 0.2) is 24.3 Å². The third-order valence-corrected chi connectivity index (χ3v) is 1.03. The molecule has 0 aliphatic rings. The largest absolute Gasteiger partial charge is 0 e. The molecule has 5 nitrogen and oxygen atoms in total. The Kier molecular flexibility index (Phi) is 74.9. The smallest absolute Gasteiger partial charge is 0 e. The number of rotatable bonds is 4. The molecule has 0 radical (unpaired) electrons. The van der Waals surface area contributed by atoms with Crippen LogP contribution in [0.1, 0.15) is 20.3 Å². The molecule has 0 saturated heterocycles. The number of allylic oxidation sites excluding steroid dienone is 3. The molecule has 0 heterocycles. The molecule has 0 aromatic heterocycles. The Bertz CT molecular complexity index is 249. The molecule has 0 aromatic carbocycles. The second kappa shape index (κ2) is 44.8. The van der Waals surface area contributed by atoms with E-state index in [1.54, 1.807) is 13.0 Å². The predicted octanol–water partition coefficient (Wildman–Crippen LogP) is 1.96. The molecule has 0 unspecified atom stereocenters. The molecular formula is C12H14FeO5. The van der Waals surface area contributed by atoms with E-state index in [0.717, 1.165) is 0 Å². The number of esters is 1. The van der Waals surface area contributed by atoms with Crippen molar-refractivity contribution in [2.45, 2.75) is 20.3 Å². The Labute approximate surface area is 118 Å². The van der Waals surface area contributed by atoms with Crippen molar-refractivity contribution in [3.8, 4) is 0 Å². The SMILES string of the molecule is C/C=C/C=C/CC(=O)OCC.[C-]#[O+].[C-]#[O+].[C-]#[O+].[Fe]. The summed E-state index contributed by atoms with van der Waals surface area (Å²) in [5.74, 6) is -0.173. The second-order valence-electron chi connectivity index (χ2n) is 1.96. The van der Waals surface area contributed by atoms with Gasteiger partial charge in [0, 0.05) is 17.1 Å². The molecule has 0 amide bonds. The zero-order valence-electron chi connectivity index (χ0n) is 10.1. The molecule has 6 heteroatoms. The van der Waals surface area contributed by atoms with Gasteiger partial charge in [0.05, 0.1) is 13.0 Å². The van der Waals surface area contributed by atoms with E-state index in [1.807, 2.05) is 25.2 Å². The summed E-state index contributed by atoms with van der Waals surface area (Å²) in [4.78, 5) is 10.7. The molecule has 0 aliphatic heterocycles. The van der Waals surface area contributed by atoms with Crippen molar-refractivity contribution < 1.29 is 40.6 Å². The standard InChI is InChI=1S/C9H14O2.3CO.Fe/c1-3-5-6-7-8-9(10)11-4-2;3*1-2;/h3,5-7H,4,8H2,1-2H3;;;;/b5-3+,7-6+;;;;. The number of carbonyl (C=O) groups is 1. The van der Waals surface area contributed by atoms with Crippen LogP contribution in [0, 0.1) is 20.0 Å². The van der Waals surface area contributed by atoms with Crippen LogP contribution in [0.25, 0.3) is 0 Å². The van der Waals surface area contributed by atoms with Crippen molar-refractivity contribution >= 4 is 5.97 Å². The maximum absolute atomic E-state index is 10.7. The number of carbonyl (C=O) groups excluding carboxylic acids is 1. The number of hydrogen-bond donors (Lipinski definition) is 0. The Hall–Kier alpha value is -1.31. The van der Waals surface area contributed by atoms with Gasteiger partial charge in [-0.2, -0.15) is 0 Å². The average molecular weight is 294 g/mol. The van der Waals surface area contributed by atoms with E-state index in [4.69, 9.17) is 18.7 Å². The summed E-state index contributed by atoms with van der Waals surface area (Å²) in [7, 11) is 0. The van der Waals surface area contributed by atoms with Crippen molar-refractivity contribution in [3.05, 3.63) is 44.3 Å². The molecule has 0 bridgehead atoms. The summed E-state index contributed by atoms with van der Waals surface area (Å²) >= 11 is 0. The first-order valence-corrected chi connectivity index (χ1v) is 4.36. The van der Waals surface area contributed by atoms with E-state index < -0.39 is 0 Å². The molecule has 100 valence electrons. The molecule has 0 aromatic rings. The summed E-state index contributed by atoms with van der Waals surface area (Å²) in [5, 5.41) is 0. The van der Waals surface area contributed by atoms with Crippen LogP contribution in [0.2, 0.25) is 0 Å². The molecule has 0 atom stereocenters. The monoisotopic (exact) mass is 294 g/mol. The minimum atomic E-state index is -0.173. The number of hydrogen-bond acceptors (Lipinski definition) is 2. The molecule has 0 saturated carbocycles. The van der Waals surface area contributed by atoms with Gasteiger partial charge in [0.2, 0.25) is 0 Å². The molecule has 0 rings (SSSR count). The zero-order valence-corrected chi connectivity index (χ0v) is 11.2. The van der Waals surface area contributed by atoms with Gasteiger partial charge in [-0.15, -0.1) is 0 Å². The van der Waals surface area contributed by atoms with Crippen molar-refractivity contribution in [2.75, 3.05) is 6.61 Å². The summed E-state index contributed by atoms with van der Waals surface area (Å²) in [6.45, 7) is 17.7. The van der Waals surface area contributed by atoms with Gasteiger partial charge in [-0.05, 0) is 13.8 Å². The fourth-order valence-corrected chi connectivity index (χ4v) is 0.574. The average Bonchev–Trinajstić information content (AvgIpc) is 2.42. The van der Waals surface area contributed by atoms with Crippen LogP contribution >= 0.6 is 0 Å². The van der Waals surface area contributed by atoms with Crippen LogP contribution in [-0.2, 0) is 40.6 Å². The first-order chi connectivity index (χ1) is 8.31. The van der Waals surface area contributed by atoms with Gasteiger partial charge >= 0.3 is 39.9 Å². The Morgan fingerprint density at radius 2 is 1.56 bits per heavy atom. The molecular weight excluding hydrogens is 280 g/mol. The van der Waals surface area contributed by atoms with E-state index >= 15 is 0 Å². The third kappa shape index (κ3) is 46.6. The normalized spacial score (nSPS) is 7.11. The van der Waals surface area contributed by atoms with Crippen LogP contribution in [-0.4, -0.2) is 12.6 Å². The topological polar surface area (TPSA) is 86.0 Å². The molecule has 0 spiro atoms. The maximum atomic E-state index is 10.7. The van der Waals surface area contributed by atoms with Gasteiger partial charge in [0.25, 0.3) is 0 Å². The zero-order chi connectivity index (χ0) is 14.5. The van der Waals surface area contributed by atoms with Gasteiger partial charge in [-0.25, -0.2) is 0 Å². The van der Waals surface area contributed by atoms with E-state index in [1.165, 1.54) is 0 Å². The Balaban J connectivity index is -0.0000000700. The van der Waals surface area contributed by atoms with Gasteiger partial charge in [-0.3, -0.25) is 4.79 Å². The first kappa shape index (κ1) is 30.1. The van der Waals surface area contributed by atoms with Crippen LogP contribution < -0.4 is 0 Å². The Morgan fingerprint density at radius 1 is 1.11 bits per heavy atom. The van der Waals surface area contributed by atoms with Crippen LogP contribution in [0.5, 0.6) is 0 Å². The summed E-state index contributed by atoms with van der Waals surface area (Å²) in [5.41, 5.74) is 0. The van der Waals surface area contributed by atoms with Crippen molar-refractivity contribution in [1.29, 1.82) is 0 Å². The van der Waals surface area contributed by atoms with E-state index in [9.17, 15) is 4.79 Å². The van der Waals surface area contributed by atoms with Gasteiger partial charge < -0.3 is 4.74 Å². The molecule has 0 N–H and O–H groups in total. The fraction of sp³-hybridized carbons (Fsp3) is 0.333. The third-order valence-electron chi connectivity index (χ3n) is 1.03. The minimum Gasteiger partial charge on any atom is 0 e. The fourth-order valence-electron chi connectivity index (χ4n) is 0.574. The van der Waals surface area contributed by atoms with Gasteiger partial charge in [-0.1, -0.05) is 24.3 Å². The Morgan fingerprint density at radius 3 is 1.89 bits per heavy atom. The van der Waals surface area contributed by atoms with Crippen LogP contribution in [0.4, 0.5) is 0 Å². The summed E-state index contributed by atoms with van der Waals surface area (Å²) in [6, 6.07) is 0. The second-order valence-corrected chi connectivity index (χ2v) is 1.96. The molecule has 18 heavy (non-hydrogen) atoms. The van der Waals surface area contributed by atoms with E-state index in [2.05, 4.69) is 20.0 Å². The van der Waals surface area contributed by atoms with Crippen molar-refractivity contribution in [3.63, 3.8) is 0 Å². The van der Waals surface area contributed by atoms with Gasteiger partial charge in [0.1, 0.15) is 0 Å². The predicted molar refractivity (Wildman–Crippen MR) is 57.0 cm³/mol. The van der Waals surface area contributed by atoms with E-state index in [-0.39, 0.29) is 23.0 Å². The molecule has 0 fully saturated rings. The van der Waals surface area contributed by atoms with Crippen LogP contribution in [0.3, 0.4) is 0 Å². The van der Waals surface area contributed by atoms with Crippen molar-refractivity contribution in [1.82, 2.24) is 0 Å². The molecule has 0 aliphatic carbocycles. The first-order valence-electron chi connectivity index (χ1n) is 4.36. The number of ether oxygens (including phenoxy) is 1. The summed E-state index contributed by atoms with van der Waals surface area (Å²) in [6.07, 6.45) is 7.74. The quantitative estimate of drug-likeness (QED) is 0.261. The minimum absolute atomic E-state index is 0.